The molecule has 0 aromatic heterocycles. The first kappa shape index (κ1) is 15.3. The molecular weight excluding hydrogens is 392 g/mol. The number of carbonyl (C=O) groups excluding carboxylic acids is 1. The highest BCUT2D eigenvalue weighted by molar-refractivity contribution is 9.11. The summed E-state index contributed by atoms with van der Waals surface area (Å²) in [5, 5.41) is 14.4. The van der Waals surface area contributed by atoms with Gasteiger partial charge in [0.25, 0.3) is 0 Å². The number of hydrogen-bond acceptors (Lipinski definition) is 2. The standard InChI is InChI=1S/C13H14Br2N2O3/c14-8-2-3-9(15)10(6-8)16-12(20)17-13(4-1-5-13)7-11(18)19/h2-3,6H,1,4-5,7H2,(H,18,19)(H2,16,17,20). The summed E-state index contributed by atoms with van der Waals surface area (Å²) < 4.78 is 1.61. The van der Waals surface area contributed by atoms with Crippen molar-refractivity contribution in [1.29, 1.82) is 0 Å². The summed E-state index contributed by atoms with van der Waals surface area (Å²) in [6.45, 7) is 0. The number of carboxylic acids is 1. The number of hydrogen-bond donors (Lipinski definition) is 3. The van der Waals surface area contributed by atoms with E-state index in [-0.39, 0.29) is 12.5 Å². The van der Waals surface area contributed by atoms with E-state index in [9.17, 15) is 9.59 Å². The smallest absolute Gasteiger partial charge is 0.319 e. The fraction of sp³-hybridized carbons (Fsp3) is 0.385. The van der Waals surface area contributed by atoms with Crippen LogP contribution in [0.3, 0.4) is 0 Å². The summed E-state index contributed by atoms with van der Waals surface area (Å²) in [5.41, 5.74) is 0.0238. The van der Waals surface area contributed by atoms with Crippen molar-refractivity contribution in [2.45, 2.75) is 31.2 Å². The third-order valence-corrected chi connectivity index (χ3v) is 4.54. The van der Waals surface area contributed by atoms with Crippen molar-refractivity contribution in [2.75, 3.05) is 5.32 Å². The molecule has 1 aliphatic rings. The molecule has 7 heteroatoms. The zero-order valence-corrected chi connectivity index (χ0v) is 13.8. The number of halogens is 2. The van der Waals surface area contributed by atoms with Crippen LogP contribution < -0.4 is 10.6 Å². The third kappa shape index (κ3) is 3.73. The topological polar surface area (TPSA) is 78.4 Å². The summed E-state index contributed by atoms with van der Waals surface area (Å²) in [6.07, 6.45) is 2.30. The van der Waals surface area contributed by atoms with Crippen LogP contribution in [0.15, 0.2) is 27.1 Å². The first-order valence-electron chi connectivity index (χ1n) is 6.16. The molecule has 2 rings (SSSR count). The van der Waals surface area contributed by atoms with Crippen LogP contribution in [0.5, 0.6) is 0 Å². The van der Waals surface area contributed by atoms with Crippen LogP contribution in [-0.4, -0.2) is 22.6 Å². The molecular formula is C13H14Br2N2O3. The molecule has 0 saturated heterocycles. The second-order valence-corrected chi connectivity index (χ2v) is 6.68. The molecule has 1 aromatic rings. The lowest BCUT2D eigenvalue weighted by atomic mass is 9.74. The van der Waals surface area contributed by atoms with Crippen molar-refractivity contribution in [3.8, 4) is 0 Å². The van der Waals surface area contributed by atoms with Crippen molar-refractivity contribution in [1.82, 2.24) is 5.32 Å². The number of rotatable bonds is 4. The lowest BCUT2D eigenvalue weighted by molar-refractivity contribution is -0.139. The Hall–Kier alpha value is -1.08. The van der Waals surface area contributed by atoms with Crippen molar-refractivity contribution in [3.05, 3.63) is 27.1 Å². The van der Waals surface area contributed by atoms with Crippen LogP contribution in [-0.2, 0) is 4.79 Å². The van der Waals surface area contributed by atoms with Crippen LogP contribution in [0, 0.1) is 0 Å². The van der Waals surface area contributed by atoms with Gasteiger partial charge in [0.15, 0.2) is 0 Å². The van der Waals surface area contributed by atoms with Gasteiger partial charge >= 0.3 is 12.0 Å². The summed E-state index contributed by atoms with van der Waals surface area (Å²) in [5.74, 6) is -0.895. The van der Waals surface area contributed by atoms with Gasteiger partial charge in [-0.2, -0.15) is 0 Å². The molecule has 20 heavy (non-hydrogen) atoms. The Labute approximate surface area is 133 Å². The average molecular weight is 406 g/mol. The number of nitrogens with one attached hydrogen (secondary N) is 2. The molecule has 0 bridgehead atoms. The van der Waals surface area contributed by atoms with Crippen molar-refractivity contribution >= 4 is 49.5 Å². The summed E-state index contributed by atoms with van der Waals surface area (Å²) in [7, 11) is 0. The quantitative estimate of drug-likeness (QED) is 0.713. The predicted octanol–water partition coefficient (Wildman–Crippen LogP) is 3.73. The molecule has 1 aromatic carbocycles. The molecule has 0 aliphatic heterocycles. The molecule has 5 nitrogen and oxygen atoms in total. The molecule has 0 unspecified atom stereocenters. The number of benzene rings is 1. The van der Waals surface area contributed by atoms with E-state index in [4.69, 9.17) is 5.11 Å². The first-order valence-corrected chi connectivity index (χ1v) is 7.75. The van der Waals surface area contributed by atoms with Gasteiger partial charge in [0, 0.05) is 8.95 Å². The molecule has 0 heterocycles. The van der Waals surface area contributed by atoms with E-state index in [2.05, 4.69) is 42.5 Å². The molecule has 1 aliphatic carbocycles. The lowest BCUT2D eigenvalue weighted by Gasteiger charge is -2.41. The minimum Gasteiger partial charge on any atom is -0.481 e. The van der Waals surface area contributed by atoms with Gasteiger partial charge in [-0.3, -0.25) is 4.79 Å². The number of aliphatic carboxylic acids is 1. The van der Waals surface area contributed by atoms with E-state index in [1.54, 1.807) is 6.07 Å². The number of carboxylic acid groups (broad SMARTS) is 1. The molecule has 0 atom stereocenters. The molecule has 0 spiro atoms. The van der Waals surface area contributed by atoms with Gasteiger partial charge in [-0.1, -0.05) is 15.9 Å². The van der Waals surface area contributed by atoms with Crippen LogP contribution in [0.2, 0.25) is 0 Å². The monoisotopic (exact) mass is 404 g/mol. The first-order chi connectivity index (χ1) is 9.40. The number of anilines is 1. The van der Waals surface area contributed by atoms with Gasteiger partial charge in [0.2, 0.25) is 0 Å². The van der Waals surface area contributed by atoms with Gasteiger partial charge in [-0.25, -0.2) is 4.79 Å². The van der Waals surface area contributed by atoms with E-state index in [0.717, 1.165) is 15.4 Å². The largest absolute Gasteiger partial charge is 0.481 e. The second kappa shape index (κ2) is 6.13. The highest BCUT2D eigenvalue weighted by atomic mass is 79.9. The highest BCUT2D eigenvalue weighted by Crippen LogP contribution is 2.35. The number of amides is 2. The Bertz CT molecular complexity index is 544. The van der Waals surface area contributed by atoms with Crippen LogP contribution >= 0.6 is 31.9 Å². The number of urea groups is 1. The Kier molecular flexibility index (Phi) is 4.70. The Morgan fingerprint density at radius 2 is 2.00 bits per heavy atom. The maximum Gasteiger partial charge on any atom is 0.319 e. The van der Waals surface area contributed by atoms with Crippen LogP contribution in [0.25, 0.3) is 0 Å². The fourth-order valence-electron chi connectivity index (χ4n) is 2.23. The van der Waals surface area contributed by atoms with Gasteiger partial charge < -0.3 is 15.7 Å². The van der Waals surface area contributed by atoms with Gasteiger partial charge in [-0.05, 0) is 53.4 Å². The maximum atomic E-state index is 12.0. The minimum absolute atomic E-state index is 0.0416. The molecule has 1 saturated carbocycles. The second-order valence-electron chi connectivity index (χ2n) is 4.91. The molecule has 1 fully saturated rings. The van der Waals surface area contributed by atoms with E-state index in [1.165, 1.54) is 0 Å². The van der Waals surface area contributed by atoms with Gasteiger partial charge in [0.1, 0.15) is 0 Å². The normalized spacial score (nSPS) is 16.1. The summed E-state index contributed by atoms with van der Waals surface area (Å²) in [6, 6.07) is 5.06. The van der Waals surface area contributed by atoms with E-state index >= 15 is 0 Å². The Balaban J connectivity index is 2.01. The number of carbonyl (C=O) groups is 2. The summed E-state index contributed by atoms with van der Waals surface area (Å²) in [4.78, 5) is 22.9. The zero-order chi connectivity index (χ0) is 14.8. The van der Waals surface area contributed by atoms with Crippen molar-refractivity contribution in [3.63, 3.8) is 0 Å². The Morgan fingerprint density at radius 1 is 1.30 bits per heavy atom. The van der Waals surface area contributed by atoms with E-state index in [0.29, 0.717) is 18.5 Å². The predicted molar refractivity (Wildman–Crippen MR) is 82.8 cm³/mol. The van der Waals surface area contributed by atoms with Crippen LogP contribution in [0.4, 0.5) is 10.5 Å². The lowest BCUT2D eigenvalue weighted by Crippen LogP contribution is -2.55. The zero-order valence-electron chi connectivity index (χ0n) is 10.6. The Morgan fingerprint density at radius 3 is 2.55 bits per heavy atom. The van der Waals surface area contributed by atoms with Crippen molar-refractivity contribution < 1.29 is 14.7 Å². The SMILES string of the molecule is O=C(O)CC1(NC(=O)Nc2cc(Br)ccc2Br)CCC1. The molecule has 0 radical (unpaired) electrons. The summed E-state index contributed by atoms with van der Waals surface area (Å²) >= 11 is 6.69. The van der Waals surface area contributed by atoms with E-state index in [1.807, 2.05) is 12.1 Å². The molecule has 3 N–H and O–H groups in total. The minimum atomic E-state index is -0.895. The van der Waals surface area contributed by atoms with Crippen molar-refractivity contribution in [2.24, 2.45) is 0 Å². The molecule has 2 amide bonds. The van der Waals surface area contributed by atoms with E-state index < -0.39 is 11.5 Å². The van der Waals surface area contributed by atoms with Gasteiger partial charge in [-0.15, -0.1) is 0 Å². The molecule has 108 valence electrons. The fourth-order valence-corrected chi connectivity index (χ4v) is 2.93. The van der Waals surface area contributed by atoms with Gasteiger partial charge in [0.05, 0.1) is 17.6 Å². The average Bonchev–Trinajstić information content (AvgIpc) is 2.30. The van der Waals surface area contributed by atoms with Crippen LogP contribution in [0.1, 0.15) is 25.7 Å². The maximum absolute atomic E-state index is 12.0. The highest BCUT2D eigenvalue weighted by Gasteiger charge is 2.40. The third-order valence-electron chi connectivity index (χ3n) is 3.36.